The SMILES string of the molecule is COc1cccc(SC)c1CC1CCCCN1. The number of methoxy groups -OCH3 is 1. The summed E-state index contributed by atoms with van der Waals surface area (Å²) in [7, 11) is 1.76. The third-order valence-electron chi connectivity index (χ3n) is 3.39. The van der Waals surface area contributed by atoms with E-state index < -0.39 is 0 Å². The van der Waals surface area contributed by atoms with Crippen molar-refractivity contribution in [2.24, 2.45) is 0 Å². The highest BCUT2D eigenvalue weighted by atomic mass is 32.2. The molecule has 17 heavy (non-hydrogen) atoms. The average Bonchev–Trinajstić information content (AvgIpc) is 2.40. The Morgan fingerprint density at radius 3 is 2.94 bits per heavy atom. The first kappa shape index (κ1) is 12.8. The molecule has 2 nitrogen and oxygen atoms in total. The number of ether oxygens (including phenoxy) is 1. The van der Waals surface area contributed by atoms with E-state index in [0.29, 0.717) is 6.04 Å². The Labute approximate surface area is 108 Å². The summed E-state index contributed by atoms with van der Waals surface area (Å²) in [6.07, 6.45) is 7.16. The van der Waals surface area contributed by atoms with Gasteiger partial charge in [0, 0.05) is 16.5 Å². The van der Waals surface area contributed by atoms with Crippen LogP contribution in [0.3, 0.4) is 0 Å². The number of hydrogen-bond donors (Lipinski definition) is 1. The van der Waals surface area contributed by atoms with Crippen LogP contribution < -0.4 is 10.1 Å². The van der Waals surface area contributed by atoms with Crippen molar-refractivity contribution in [1.29, 1.82) is 0 Å². The number of piperidine rings is 1. The van der Waals surface area contributed by atoms with Gasteiger partial charge in [-0.3, -0.25) is 0 Å². The molecular weight excluding hydrogens is 230 g/mol. The highest BCUT2D eigenvalue weighted by molar-refractivity contribution is 7.98. The van der Waals surface area contributed by atoms with Crippen LogP contribution in [0.15, 0.2) is 23.1 Å². The Kier molecular flexibility index (Phi) is 4.75. The summed E-state index contributed by atoms with van der Waals surface area (Å²) in [5.41, 5.74) is 1.36. The molecule has 1 aromatic carbocycles. The van der Waals surface area contributed by atoms with Gasteiger partial charge in [-0.1, -0.05) is 12.5 Å². The Balaban J connectivity index is 2.16. The number of nitrogens with one attached hydrogen (secondary N) is 1. The van der Waals surface area contributed by atoms with Crippen molar-refractivity contribution in [1.82, 2.24) is 5.32 Å². The van der Waals surface area contributed by atoms with E-state index >= 15 is 0 Å². The normalized spacial score (nSPS) is 20.2. The lowest BCUT2D eigenvalue weighted by Gasteiger charge is -2.25. The van der Waals surface area contributed by atoms with Gasteiger partial charge in [-0.2, -0.15) is 0 Å². The van der Waals surface area contributed by atoms with E-state index in [-0.39, 0.29) is 0 Å². The van der Waals surface area contributed by atoms with Crippen LogP contribution in [0, 0.1) is 0 Å². The van der Waals surface area contributed by atoms with Crippen LogP contribution >= 0.6 is 11.8 Å². The molecule has 0 saturated carbocycles. The quantitative estimate of drug-likeness (QED) is 0.831. The van der Waals surface area contributed by atoms with E-state index in [9.17, 15) is 0 Å². The third-order valence-corrected chi connectivity index (χ3v) is 4.22. The third kappa shape index (κ3) is 3.17. The largest absolute Gasteiger partial charge is 0.496 e. The molecule has 1 atom stereocenters. The van der Waals surface area contributed by atoms with Gasteiger partial charge in [0.1, 0.15) is 5.75 Å². The molecule has 0 amide bonds. The molecule has 0 aliphatic carbocycles. The molecule has 1 saturated heterocycles. The van der Waals surface area contributed by atoms with Gasteiger partial charge < -0.3 is 10.1 Å². The summed E-state index contributed by atoms with van der Waals surface area (Å²) in [5, 5.41) is 3.61. The molecule has 0 aromatic heterocycles. The Morgan fingerprint density at radius 1 is 1.41 bits per heavy atom. The number of thioether (sulfide) groups is 1. The second kappa shape index (κ2) is 6.31. The van der Waals surface area contributed by atoms with Gasteiger partial charge in [0.15, 0.2) is 0 Å². The summed E-state index contributed by atoms with van der Waals surface area (Å²) < 4.78 is 5.49. The van der Waals surface area contributed by atoms with Gasteiger partial charge in [-0.25, -0.2) is 0 Å². The minimum Gasteiger partial charge on any atom is -0.496 e. The molecule has 3 heteroatoms. The predicted molar refractivity (Wildman–Crippen MR) is 74.1 cm³/mol. The second-order valence-electron chi connectivity index (χ2n) is 4.49. The van der Waals surface area contributed by atoms with E-state index in [4.69, 9.17) is 4.74 Å². The Morgan fingerprint density at radius 2 is 2.29 bits per heavy atom. The molecule has 1 aliphatic rings. The van der Waals surface area contributed by atoms with Crippen molar-refractivity contribution in [2.75, 3.05) is 19.9 Å². The van der Waals surface area contributed by atoms with Gasteiger partial charge in [-0.05, 0) is 44.2 Å². The van der Waals surface area contributed by atoms with Crippen molar-refractivity contribution in [3.63, 3.8) is 0 Å². The smallest absolute Gasteiger partial charge is 0.123 e. The van der Waals surface area contributed by atoms with Crippen LogP contribution in [-0.4, -0.2) is 26.0 Å². The zero-order valence-corrected chi connectivity index (χ0v) is 11.5. The van der Waals surface area contributed by atoms with Crippen molar-refractivity contribution >= 4 is 11.8 Å². The standard InChI is InChI=1S/C14H21NOS/c1-16-13-7-5-8-14(17-2)12(13)10-11-6-3-4-9-15-11/h5,7-8,11,15H,3-4,6,9-10H2,1-2H3. The Bertz CT molecular complexity index is 339. The van der Waals surface area contributed by atoms with Gasteiger partial charge in [-0.15, -0.1) is 11.8 Å². The minimum atomic E-state index is 0.617. The lowest BCUT2D eigenvalue weighted by molar-refractivity contribution is 0.379. The molecule has 1 N–H and O–H groups in total. The van der Waals surface area contributed by atoms with Crippen LogP contribution in [0.5, 0.6) is 5.75 Å². The van der Waals surface area contributed by atoms with Crippen molar-refractivity contribution in [3.05, 3.63) is 23.8 Å². The minimum absolute atomic E-state index is 0.617. The van der Waals surface area contributed by atoms with E-state index in [0.717, 1.165) is 18.7 Å². The predicted octanol–water partition coefficient (Wildman–Crippen LogP) is 3.10. The van der Waals surface area contributed by atoms with Gasteiger partial charge >= 0.3 is 0 Å². The zero-order valence-electron chi connectivity index (χ0n) is 10.7. The van der Waals surface area contributed by atoms with Crippen LogP contribution in [0.4, 0.5) is 0 Å². The van der Waals surface area contributed by atoms with Gasteiger partial charge in [0.25, 0.3) is 0 Å². The molecule has 1 aliphatic heterocycles. The van der Waals surface area contributed by atoms with Crippen LogP contribution in [0.25, 0.3) is 0 Å². The lowest BCUT2D eigenvalue weighted by Crippen LogP contribution is -2.35. The summed E-state index contributed by atoms with van der Waals surface area (Å²) in [5.74, 6) is 1.03. The summed E-state index contributed by atoms with van der Waals surface area (Å²) in [6.45, 7) is 1.16. The zero-order chi connectivity index (χ0) is 12.1. The van der Waals surface area contributed by atoms with E-state index in [1.165, 1.54) is 29.7 Å². The molecular formula is C14H21NOS. The van der Waals surface area contributed by atoms with Crippen molar-refractivity contribution in [2.45, 2.75) is 36.6 Å². The fourth-order valence-corrected chi connectivity index (χ4v) is 3.12. The van der Waals surface area contributed by atoms with E-state index in [2.05, 4.69) is 29.8 Å². The van der Waals surface area contributed by atoms with Crippen LogP contribution in [0.1, 0.15) is 24.8 Å². The van der Waals surface area contributed by atoms with Crippen molar-refractivity contribution in [3.8, 4) is 5.75 Å². The molecule has 0 bridgehead atoms. The molecule has 0 spiro atoms. The lowest BCUT2D eigenvalue weighted by atomic mass is 9.97. The first-order chi connectivity index (χ1) is 8.35. The van der Waals surface area contributed by atoms with Gasteiger partial charge in [0.2, 0.25) is 0 Å². The second-order valence-corrected chi connectivity index (χ2v) is 5.34. The van der Waals surface area contributed by atoms with E-state index in [1.54, 1.807) is 18.9 Å². The molecule has 1 fully saturated rings. The van der Waals surface area contributed by atoms with Gasteiger partial charge in [0.05, 0.1) is 7.11 Å². The fourth-order valence-electron chi connectivity index (χ4n) is 2.47. The molecule has 1 heterocycles. The summed E-state index contributed by atoms with van der Waals surface area (Å²) in [4.78, 5) is 1.34. The fraction of sp³-hybridized carbons (Fsp3) is 0.571. The molecule has 1 unspecified atom stereocenters. The first-order valence-corrected chi connectivity index (χ1v) is 7.51. The summed E-state index contributed by atoms with van der Waals surface area (Å²) in [6, 6.07) is 6.94. The molecule has 94 valence electrons. The molecule has 0 radical (unpaired) electrons. The highest BCUT2D eigenvalue weighted by Crippen LogP contribution is 2.30. The Hall–Kier alpha value is -0.670. The molecule has 2 rings (SSSR count). The maximum atomic E-state index is 5.49. The number of rotatable bonds is 4. The highest BCUT2D eigenvalue weighted by Gasteiger charge is 2.17. The van der Waals surface area contributed by atoms with Crippen LogP contribution in [0.2, 0.25) is 0 Å². The van der Waals surface area contributed by atoms with Crippen LogP contribution in [-0.2, 0) is 6.42 Å². The summed E-state index contributed by atoms with van der Waals surface area (Å²) >= 11 is 1.81. The maximum Gasteiger partial charge on any atom is 0.123 e. The van der Waals surface area contributed by atoms with E-state index in [1.807, 2.05) is 0 Å². The topological polar surface area (TPSA) is 21.3 Å². The maximum absolute atomic E-state index is 5.49. The number of benzene rings is 1. The number of hydrogen-bond acceptors (Lipinski definition) is 3. The van der Waals surface area contributed by atoms with Crippen molar-refractivity contribution < 1.29 is 4.74 Å². The average molecular weight is 251 g/mol. The first-order valence-electron chi connectivity index (χ1n) is 6.28. The monoisotopic (exact) mass is 251 g/mol. The molecule has 1 aromatic rings.